The molecule has 10 heteroatoms. The standard InChI is InChI=1S/C20H23F2N3O5/c21-15-6-12(7-16(22)18(15)14-3-4-17(26)24-19(14)27)25-8-13(9-25)30-20(28)23-11-2-1-5-29-10-11/h6-7,11,13-14H,1-5,8-10H2,(H,23,28)(H,24,26,27)/t11-,14?/m1/s1. The van der Waals surface area contributed by atoms with E-state index in [9.17, 15) is 23.2 Å². The molecule has 3 saturated heterocycles. The zero-order chi connectivity index (χ0) is 21.3. The number of hydrogen-bond acceptors (Lipinski definition) is 6. The predicted octanol–water partition coefficient (Wildman–Crippen LogP) is 1.58. The zero-order valence-corrected chi connectivity index (χ0v) is 16.3. The second-order valence-electron chi connectivity index (χ2n) is 7.82. The molecule has 4 rings (SSSR count). The lowest BCUT2D eigenvalue weighted by molar-refractivity contribution is -0.134. The van der Waals surface area contributed by atoms with Gasteiger partial charge in [-0.2, -0.15) is 0 Å². The third kappa shape index (κ3) is 4.38. The minimum Gasteiger partial charge on any atom is -0.442 e. The molecule has 0 aliphatic carbocycles. The van der Waals surface area contributed by atoms with E-state index in [0.29, 0.717) is 32.0 Å². The van der Waals surface area contributed by atoms with Crippen molar-refractivity contribution < 1.29 is 32.6 Å². The second kappa shape index (κ2) is 8.55. The molecule has 3 fully saturated rings. The summed E-state index contributed by atoms with van der Waals surface area (Å²) in [6.07, 6.45) is 0.921. The highest BCUT2D eigenvalue weighted by Gasteiger charge is 2.35. The van der Waals surface area contributed by atoms with E-state index in [0.717, 1.165) is 25.0 Å². The maximum Gasteiger partial charge on any atom is 0.407 e. The maximum atomic E-state index is 14.6. The molecule has 162 valence electrons. The van der Waals surface area contributed by atoms with Crippen molar-refractivity contribution in [3.63, 3.8) is 0 Å². The van der Waals surface area contributed by atoms with Gasteiger partial charge in [-0.05, 0) is 31.4 Å². The molecule has 3 amide bonds. The Labute approximate surface area is 171 Å². The average molecular weight is 423 g/mol. The Hall–Kier alpha value is -2.75. The quantitative estimate of drug-likeness (QED) is 0.714. The van der Waals surface area contributed by atoms with Gasteiger partial charge in [0.1, 0.15) is 17.7 Å². The van der Waals surface area contributed by atoms with Gasteiger partial charge in [0.25, 0.3) is 0 Å². The molecular weight excluding hydrogens is 400 g/mol. The summed E-state index contributed by atoms with van der Waals surface area (Å²) in [5.74, 6) is -3.83. The van der Waals surface area contributed by atoms with Crippen LogP contribution in [0.2, 0.25) is 0 Å². The van der Waals surface area contributed by atoms with Crippen molar-refractivity contribution in [2.24, 2.45) is 0 Å². The predicted molar refractivity (Wildman–Crippen MR) is 101 cm³/mol. The Bertz CT molecular complexity index is 830. The molecule has 3 aliphatic heterocycles. The molecule has 2 atom stereocenters. The highest BCUT2D eigenvalue weighted by atomic mass is 19.1. The fourth-order valence-corrected chi connectivity index (χ4v) is 3.99. The fraction of sp³-hybridized carbons (Fsp3) is 0.550. The summed E-state index contributed by atoms with van der Waals surface area (Å²) >= 11 is 0. The van der Waals surface area contributed by atoms with Crippen LogP contribution in [0.4, 0.5) is 19.3 Å². The summed E-state index contributed by atoms with van der Waals surface area (Å²) in [5, 5.41) is 4.87. The van der Waals surface area contributed by atoms with Crippen LogP contribution in [0.25, 0.3) is 0 Å². The number of carbonyl (C=O) groups is 3. The van der Waals surface area contributed by atoms with Gasteiger partial charge in [-0.15, -0.1) is 0 Å². The van der Waals surface area contributed by atoms with E-state index in [2.05, 4.69) is 10.6 Å². The first-order chi connectivity index (χ1) is 14.4. The smallest absolute Gasteiger partial charge is 0.407 e. The Kier molecular flexibility index (Phi) is 5.85. The van der Waals surface area contributed by atoms with Crippen LogP contribution in [0, 0.1) is 11.6 Å². The molecule has 0 radical (unpaired) electrons. The van der Waals surface area contributed by atoms with Crippen molar-refractivity contribution in [3.8, 4) is 0 Å². The number of benzene rings is 1. The first-order valence-electron chi connectivity index (χ1n) is 10.0. The molecule has 1 aromatic carbocycles. The first kappa shape index (κ1) is 20.5. The lowest BCUT2D eigenvalue weighted by atomic mass is 9.89. The lowest BCUT2D eigenvalue weighted by Crippen LogP contribution is -2.55. The Balaban J connectivity index is 1.33. The summed E-state index contributed by atoms with van der Waals surface area (Å²) in [6, 6.07) is 2.26. The number of nitrogens with zero attached hydrogens (tertiary/aromatic N) is 1. The summed E-state index contributed by atoms with van der Waals surface area (Å²) < 4.78 is 39.9. The lowest BCUT2D eigenvalue weighted by Gasteiger charge is -2.40. The van der Waals surface area contributed by atoms with Crippen LogP contribution >= 0.6 is 0 Å². The van der Waals surface area contributed by atoms with E-state index in [1.54, 1.807) is 4.90 Å². The zero-order valence-electron chi connectivity index (χ0n) is 16.3. The van der Waals surface area contributed by atoms with E-state index in [1.807, 2.05) is 0 Å². The molecule has 8 nitrogen and oxygen atoms in total. The van der Waals surface area contributed by atoms with Crippen LogP contribution in [-0.4, -0.2) is 56.4 Å². The van der Waals surface area contributed by atoms with Gasteiger partial charge in [0.05, 0.1) is 31.7 Å². The second-order valence-corrected chi connectivity index (χ2v) is 7.82. The number of alkyl carbamates (subject to hydrolysis) is 1. The minimum absolute atomic E-state index is 0.0389. The van der Waals surface area contributed by atoms with E-state index in [4.69, 9.17) is 9.47 Å². The van der Waals surface area contributed by atoms with Gasteiger partial charge in [-0.3, -0.25) is 14.9 Å². The van der Waals surface area contributed by atoms with Crippen LogP contribution in [0.5, 0.6) is 0 Å². The van der Waals surface area contributed by atoms with Crippen molar-refractivity contribution in [3.05, 3.63) is 29.3 Å². The van der Waals surface area contributed by atoms with E-state index < -0.39 is 35.5 Å². The summed E-state index contributed by atoms with van der Waals surface area (Å²) in [6.45, 7) is 1.78. The molecule has 3 aliphatic rings. The van der Waals surface area contributed by atoms with Crippen LogP contribution in [-0.2, 0) is 19.1 Å². The molecule has 2 N–H and O–H groups in total. The number of carbonyl (C=O) groups excluding carboxylic acids is 3. The number of halogens is 2. The molecule has 0 spiro atoms. The maximum absolute atomic E-state index is 14.6. The number of imide groups is 1. The van der Waals surface area contributed by atoms with E-state index >= 15 is 0 Å². The van der Waals surface area contributed by atoms with Crippen LogP contribution in [0.1, 0.15) is 37.2 Å². The van der Waals surface area contributed by atoms with Crippen LogP contribution in [0.3, 0.4) is 0 Å². The van der Waals surface area contributed by atoms with E-state index in [1.165, 1.54) is 0 Å². The minimum atomic E-state index is -1.03. The Morgan fingerprint density at radius 1 is 1.20 bits per heavy atom. The molecule has 3 heterocycles. The van der Waals surface area contributed by atoms with Gasteiger partial charge in [-0.25, -0.2) is 13.6 Å². The third-order valence-electron chi connectivity index (χ3n) is 5.62. The van der Waals surface area contributed by atoms with Gasteiger partial charge >= 0.3 is 6.09 Å². The SMILES string of the molecule is O=C1CCC(c2c(F)cc(N3CC(OC(=O)N[C@@H]4CCCOC4)C3)cc2F)C(=O)N1. The van der Waals surface area contributed by atoms with Crippen molar-refractivity contribution in [2.45, 2.75) is 43.7 Å². The van der Waals surface area contributed by atoms with Gasteiger partial charge in [0.2, 0.25) is 11.8 Å². The fourth-order valence-electron chi connectivity index (χ4n) is 3.99. The number of hydrogen-bond donors (Lipinski definition) is 2. The molecule has 1 aromatic rings. The summed E-state index contributed by atoms with van der Waals surface area (Å²) in [4.78, 5) is 36.8. The average Bonchev–Trinajstić information content (AvgIpc) is 2.66. The number of amides is 3. The van der Waals surface area contributed by atoms with Crippen LogP contribution in [0.15, 0.2) is 12.1 Å². The molecule has 0 bridgehead atoms. The van der Waals surface area contributed by atoms with Crippen molar-refractivity contribution in [1.82, 2.24) is 10.6 Å². The van der Waals surface area contributed by atoms with Crippen molar-refractivity contribution >= 4 is 23.6 Å². The normalized spacial score (nSPS) is 24.8. The van der Waals surface area contributed by atoms with Crippen molar-refractivity contribution in [2.75, 3.05) is 31.2 Å². The van der Waals surface area contributed by atoms with Gasteiger partial charge < -0.3 is 19.7 Å². The summed E-state index contributed by atoms with van der Waals surface area (Å²) in [5.41, 5.74) is -0.0202. The third-order valence-corrected chi connectivity index (χ3v) is 5.62. The first-order valence-corrected chi connectivity index (χ1v) is 10.0. The monoisotopic (exact) mass is 423 g/mol. The molecule has 0 saturated carbocycles. The highest BCUT2D eigenvalue weighted by molar-refractivity contribution is 6.01. The van der Waals surface area contributed by atoms with Gasteiger partial charge in [0.15, 0.2) is 0 Å². The largest absolute Gasteiger partial charge is 0.442 e. The Morgan fingerprint density at radius 2 is 1.93 bits per heavy atom. The van der Waals surface area contributed by atoms with Crippen LogP contribution < -0.4 is 15.5 Å². The molecule has 30 heavy (non-hydrogen) atoms. The number of ether oxygens (including phenoxy) is 2. The number of anilines is 1. The molecule has 1 unspecified atom stereocenters. The number of piperidine rings is 1. The van der Waals surface area contributed by atoms with E-state index in [-0.39, 0.29) is 30.6 Å². The van der Waals surface area contributed by atoms with Gasteiger partial charge in [-0.1, -0.05) is 0 Å². The Morgan fingerprint density at radius 3 is 2.57 bits per heavy atom. The molecular formula is C20H23F2N3O5. The molecule has 0 aromatic heterocycles. The topological polar surface area (TPSA) is 97.0 Å². The number of nitrogens with one attached hydrogen (secondary N) is 2. The number of rotatable bonds is 4. The summed E-state index contributed by atoms with van der Waals surface area (Å²) in [7, 11) is 0. The highest BCUT2D eigenvalue weighted by Crippen LogP contribution is 2.33. The van der Waals surface area contributed by atoms with Gasteiger partial charge in [0, 0.05) is 24.3 Å². The van der Waals surface area contributed by atoms with Crippen molar-refractivity contribution in [1.29, 1.82) is 0 Å².